The van der Waals surface area contributed by atoms with E-state index < -0.39 is 42.3 Å². The molecule has 1 heterocycles. The molecule has 0 aromatic heterocycles. The number of rotatable bonds is 14. The first-order valence-electron chi connectivity index (χ1n) is 15.7. The molecule has 3 unspecified atom stereocenters. The Hall–Kier alpha value is -2.69. The van der Waals surface area contributed by atoms with Crippen molar-refractivity contribution in [1.82, 2.24) is 20.4 Å². The van der Waals surface area contributed by atoms with E-state index in [1.807, 2.05) is 0 Å². The summed E-state index contributed by atoms with van der Waals surface area (Å²) in [6, 6.07) is -2.89. The second-order valence-electron chi connectivity index (χ2n) is 12.2. The number of carboxylic acids is 2. The standard InChI is InChI=1S/C30H50N4O7/c1-3-33(27(36)13-6-8-21-14-16-31-17-15-21)19-26(35)32-24(18-28(37)38)29(39)34(20(2)30(40)41)25-12-7-10-22-9-4-5-11-23(22)25/h20-25,31H,3-19H2,1-2H3,(H,32,35)(H,37,38)(H,40,41)/t20-,22?,23?,24-,25?/m0/s1. The number of piperidine rings is 1. The van der Waals surface area contributed by atoms with Crippen molar-refractivity contribution >= 4 is 29.7 Å². The van der Waals surface area contributed by atoms with E-state index in [0.717, 1.165) is 77.3 Å². The molecule has 2 saturated carbocycles. The lowest BCUT2D eigenvalue weighted by Gasteiger charge is -2.48. The molecule has 41 heavy (non-hydrogen) atoms. The van der Waals surface area contributed by atoms with Crippen LogP contribution < -0.4 is 10.6 Å². The fourth-order valence-corrected chi connectivity index (χ4v) is 7.23. The van der Waals surface area contributed by atoms with Gasteiger partial charge in [0.15, 0.2) is 0 Å². The summed E-state index contributed by atoms with van der Waals surface area (Å²) in [5, 5.41) is 25.4. The zero-order valence-electron chi connectivity index (χ0n) is 24.8. The van der Waals surface area contributed by atoms with Gasteiger partial charge in [0, 0.05) is 19.0 Å². The number of carbonyl (C=O) groups is 5. The van der Waals surface area contributed by atoms with E-state index in [2.05, 4.69) is 10.6 Å². The summed E-state index contributed by atoms with van der Waals surface area (Å²) in [6.45, 7) is 5.26. The maximum absolute atomic E-state index is 13.9. The van der Waals surface area contributed by atoms with Gasteiger partial charge in [-0.2, -0.15) is 0 Å². The van der Waals surface area contributed by atoms with Crippen molar-refractivity contribution in [2.24, 2.45) is 17.8 Å². The Labute approximate surface area is 243 Å². The van der Waals surface area contributed by atoms with Crippen molar-refractivity contribution in [1.29, 1.82) is 0 Å². The first-order valence-corrected chi connectivity index (χ1v) is 15.7. The highest BCUT2D eigenvalue weighted by Gasteiger charge is 2.44. The van der Waals surface area contributed by atoms with Crippen LogP contribution in [0.15, 0.2) is 0 Å². The molecule has 0 bridgehead atoms. The molecule has 1 saturated heterocycles. The van der Waals surface area contributed by atoms with Crippen molar-refractivity contribution in [2.45, 2.75) is 115 Å². The van der Waals surface area contributed by atoms with Crippen LogP contribution in [0.1, 0.15) is 97.3 Å². The maximum Gasteiger partial charge on any atom is 0.326 e. The second kappa shape index (κ2) is 16.1. The van der Waals surface area contributed by atoms with E-state index in [-0.39, 0.29) is 24.4 Å². The van der Waals surface area contributed by atoms with Crippen molar-refractivity contribution in [3.8, 4) is 0 Å². The van der Waals surface area contributed by atoms with Crippen LogP contribution in [0.2, 0.25) is 0 Å². The number of nitrogens with one attached hydrogen (secondary N) is 2. The van der Waals surface area contributed by atoms with Gasteiger partial charge >= 0.3 is 11.9 Å². The zero-order chi connectivity index (χ0) is 29.9. The number of hydrogen-bond acceptors (Lipinski definition) is 6. The Kier molecular flexibility index (Phi) is 12.9. The Bertz CT molecular complexity index is 921. The van der Waals surface area contributed by atoms with E-state index in [4.69, 9.17) is 0 Å². The number of carbonyl (C=O) groups excluding carboxylic acids is 3. The molecule has 1 aliphatic heterocycles. The van der Waals surface area contributed by atoms with Gasteiger partial charge in [0.2, 0.25) is 17.7 Å². The van der Waals surface area contributed by atoms with Gasteiger partial charge in [-0.25, -0.2) is 4.79 Å². The zero-order valence-corrected chi connectivity index (χ0v) is 24.8. The highest BCUT2D eigenvalue weighted by atomic mass is 16.4. The van der Waals surface area contributed by atoms with Gasteiger partial charge in [0.25, 0.3) is 0 Å². The normalized spacial score (nSPS) is 24.4. The predicted molar refractivity (Wildman–Crippen MR) is 153 cm³/mol. The van der Waals surface area contributed by atoms with Crippen molar-refractivity contribution in [3.63, 3.8) is 0 Å². The molecular formula is C30H50N4O7. The number of fused-ring (bicyclic) bond motifs is 1. The first-order chi connectivity index (χ1) is 19.6. The topological polar surface area (TPSA) is 156 Å². The van der Waals surface area contributed by atoms with E-state index in [1.54, 1.807) is 6.92 Å². The molecule has 11 heteroatoms. The number of carboxylic acid groups (broad SMARTS) is 2. The van der Waals surface area contributed by atoms with Gasteiger partial charge in [0.1, 0.15) is 12.1 Å². The highest BCUT2D eigenvalue weighted by molar-refractivity contribution is 5.94. The van der Waals surface area contributed by atoms with Gasteiger partial charge in [-0.15, -0.1) is 0 Å². The van der Waals surface area contributed by atoms with Gasteiger partial charge in [-0.1, -0.05) is 32.1 Å². The molecule has 5 atom stereocenters. The molecule has 0 spiro atoms. The number of aliphatic carboxylic acids is 2. The summed E-state index contributed by atoms with van der Waals surface area (Å²) in [4.78, 5) is 66.5. The van der Waals surface area contributed by atoms with Gasteiger partial charge < -0.3 is 30.6 Å². The fourth-order valence-electron chi connectivity index (χ4n) is 7.23. The molecular weight excluding hydrogens is 528 g/mol. The molecule has 3 rings (SSSR count). The lowest BCUT2D eigenvalue weighted by molar-refractivity contribution is -0.157. The Morgan fingerprint density at radius 3 is 2.29 bits per heavy atom. The van der Waals surface area contributed by atoms with Crippen LogP contribution in [0, 0.1) is 17.8 Å². The third kappa shape index (κ3) is 9.41. The molecule has 0 aromatic rings. The minimum atomic E-state index is -1.42. The van der Waals surface area contributed by atoms with E-state index >= 15 is 0 Å². The Morgan fingerprint density at radius 2 is 1.63 bits per heavy atom. The molecule has 2 aliphatic carbocycles. The van der Waals surface area contributed by atoms with Crippen LogP contribution in [-0.2, 0) is 24.0 Å². The summed E-state index contributed by atoms with van der Waals surface area (Å²) >= 11 is 0. The van der Waals surface area contributed by atoms with Crippen LogP contribution in [-0.4, -0.2) is 94.0 Å². The van der Waals surface area contributed by atoms with Gasteiger partial charge in [-0.05, 0) is 83.2 Å². The average molecular weight is 579 g/mol. The quantitative estimate of drug-likeness (QED) is 0.245. The van der Waals surface area contributed by atoms with Crippen molar-refractivity contribution in [2.75, 3.05) is 26.2 Å². The largest absolute Gasteiger partial charge is 0.481 e. The Morgan fingerprint density at radius 1 is 0.951 bits per heavy atom. The average Bonchev–Trinajstić information content (AvgIpc) is 2.95. The summed E-state index contributed by atoms with van der Waals surface area (Å²) in [5.41, 5.74) is 0. The second-order valence-corrected chi connectivity index (χ2v) is 12.2. The number of amides is 3. The van der Waals surface area contributed by atoms with Gasteiger partial charge in [-0.3, -0.25) is 19.2 Å². The van der Waals surface area contributed by atoms with Crippen LogP contribution >= 0.6 is 0 Å². The molecule has 0 radical (unpaired) electrons. The van der Waals surface area contributed by atoms with E-state index in [1.165, 1.54) is 16.7 Å². The number of likely N-dealkylation sites (N-methyl/N-ethyl adjacent to an activating group) is 1. The third-order valence-electron chi connectivity index (χ3n) is 9.47. The summed E-state index contributed by atoms with van der Waals surface area (Å²) < 4.78 is 0. The smallest absolute Gasteiger partial charge is 0.326 e. The Balaban J connectivity index is 1.67. The molecule has 3 amide bonds. The predicted octanol–water partition coefficient (Wildman–Crippen LogP) is 2.62. The van der Waals surface area contributed by atoms with Crippen molar-refractivity contribution < 1.29 is 34.2 Å². The van der Waals surface area contributed by atoms with Crippen LogP contribution in [0.5, 0.6) is 0 Å². The van der Waals surface area contributed by atoms with Crippen molar-refractivity contribution in [3.05, 3.63) is 0 Å². The van der Waals surface area contributed by atoms with E-state index in [0.29, 0.717) is 31.2 Å². The number of nitrogens with zero attached hydrogens (tertiary/aromatic N) is 2. The molecule has 3 aliphatic rings. The van der Waals surface area contributed by atoms with E-state index in [9.17, 15) is 34.2 Å². The summed E-state index contributed by atoms with van der Waals surface area (Å²) in [5.74, 6) is -2.69. The maximum atomic E-state index is 13.9. The van der Waals surface area contributed by atoms with Gasteiger partial charge in [0.05, 0.1) is 13.0 Å². The van der Waals surface area contributed by atoms with Crippen LogP contribution in [0.4, 0.5) is 0 Å². The summed E-state index contributed by atoms with van der Waals surface area (Å²) in [6.07, 6.45) is 10.3. The minimum absolute atomic E-state index is 0.149. The summed E-state index contributed by atoms with van der Waals surface area (Å²) in [7, 11) is 0. The fraction of sp³-hybridized carbons (Fsp3) is 0.833. The third-order valence-corrected chi connectivity index (χ3v) is 9.47. The lowest BCUT2D eigenvalue weighted by atomic mass is 9.67. The molecule has 3 fully saturated rings. The van der Waals surface area contributed by atoms with Crippen LogP contribution in [0.3, 0.4) is 0 Å². The molecule has 0 aromatic carbocycles. The first kappa shape index (κ1) is 32.8. The minimum Gasteiger partial charge on any atom is -0.481 e. The molecule has 232 valence electrons. The molecule has 4 N–H and O–H groups in total. The monoisotopic (exact) mass is 578 g/mol. The number of hydrogen-bond donors (Lipinski definition) is 4. The molecule has 11 nitrogen and oxygen atoms in total. The van der Waals surface area contributed by atoms with Crippen LogP contribution in [0.25, 0.3) is 0 Å². The SMILES string of the molecule is CCN(CC(=O)N[C@@H](CC(=O)O)C(=O)N(C1CCCC2CCCCC21)[C@@H](C)C(=O)O)C(=O)CCCC1CCNCC1. The highest BCUT2D eigenvalue weighted by Crippen LogP contribution is 2.43. The lowest BCUT2D eigenvalue weighted by Crippen LogP contribution is -2.60.